The average molecular weight is 816 g/mol. The number of likely N-dealkylation sites (tertiary alicyclic amines) is 1. The van der Waals surface area contributed by atoms with E-state index in [1.807, 2.05) is 4.90 Å². The van der Waals surface area contributed by atoms with Crippen molar-refractivity contribution in [2.75, 3.05) is 67.7 Å². The summed E-state index contributed by atoms with van der Waals surface area (Å²) in [6, 6.07) is 9.88. The number of hydrogen-bond acceptors (Lipinski definition) is 10. The third kappa shape index (κ3) is 17.7. The van der Waals surface area contributed by atoms with Crippen LogP contribution in [0.15, 0.2) is 36.4 Å². The second kappa shape index (κ2) is 23.7. The van der Waals surface area contributed by atoms with Crippen LogP contribution < -0.4 is 56.4 Å². The van der Waals surface area contributed by atoms with Crippen LogP contribution in [0, 0.1) is 11.8 Å². The van der Waals surface area contributed by atoms with Crippen molar-refractivity contribution in [1.29, 1.82) is 0 Å². The Labute approximate surface area is 318 Å². The number of halogens is 2. The number of carbonyl (C=O) groups excluding carboxylic acids is 2. The molecule has 296 valence electrons. The predicted octanol–water partition coefficient (Wildman–Crippen LogP) is -2.03. The van der Waals surface area contributed by atoms with E-state index in [0.29, 0.717) is 72.1 Å². The summed E-state index contributed by atoms with van der Waals surface area (Å²) in [4.78, 5) is 25.2. The molecule has 52 heavy (non-hydrogen) atoms. The predicted molar refractivity (Wildman–Crippen MR) is 194 cm³/mol. The van der Waals surface area contributed by atoms with Gasteiger partial charge in [0.25, 0.3) is 31.6 Å². The van der Waals surface area contributed by atoms with Crippen LogP contribution in [0.25, 0.3) is 0 Å². The molecule has 16 nitrogen and oxygen atoms in total. The lowest BCUT2D eigenvalue weighted by Gasteiger charge is -2.32. The number of rotatable bonds is 14. The first-order valence-corrected chi connectivity index (χ1v) is 19.9. The number of quaternary nitrogens is 1. The van der Waals surface area contributed by atoms with Crippen LogP contribution in [-0.2, 0) is 20.4 Å². The lowest BCUT2D eigenvalue weighted by Crippen LogP contribution is -3.00. The van der Waals surface area contributed by atoms with E-state index in [2.05, 4.69) is 14.8 Å². The van der Waals surface area contributed by atoms with Crippen molar-refractivity contribution in [1.82, 2.24) is 14.3 Å². The van der Waals surface area contributed by atoms with E-state index < -0.39 is 25.7 Å². The molecule has 2 aromatic rings. The molecule has 0 aliphatic carbocycles. The minimum absolute atomic E-state index is 0. The molecule has 2 saturated heterocycles. The summed E-state index contributed by atoms with van der Waals surface area (Å²) in [5, 5.41) is 11.5. The molecule has 0 bridgehead atoms. The number of hydrogen-bond donors (Lipinski definition) is 5. The molecule has 0 atom stereocenters. The van der Waals surface area contributed by atoms with Crippen LogP contribution in [0.1, 0.15) is 59.2 Å². The van der Waals surface area contributed by atoms with Gasteiger partial charge in [0, 0.05) is 37.3 Å². The fraction of sp³-hybridized carbons (Fsp3) is 0.562. The lowest BCUT2D eigenvalue weighted by atomic mass is 9.93. The number of carbonyl (C=O) groups is 2. The number of nitrogens with one attached hydrogen (secondary N) is 2. The van der Waals surface area contributed by atoms with Crippen LogP contribution in [0.2, 0.25) is 0 Å². The monoisotopic (exact) mass is 814 g/mol. The van der Waals surface area contributed by atoms with Gasteiger partial charge in [-0.1, -0.05) is 0 Å². The van der Waals surface area contributed by atoms with E-state index in [9.17, 15) is 26.4 Å². The highest BCUT2D eigenvalue weighted by molar-refractivity contribution is 7.87. The number of nitrogens with zero attached hydrogens (tertiary/aromatic N) is 1. The first-order valence-electron chi connectivity index (χ1n) is 16.4. The number of benzene rings is 2. The van der Waals surface area contributed by atoms with Crippen molar-refractivity contribution in [3.05, 3.63) is 47.5 Å². The van der Waals surface area contributed by atoms with E-state index in [1.54, 1.807) is 37.4 Å². The van der Waals surface area contributed by atoms with Crippen LogP contribution >= 0.6 is 11.6 Å². The van der Waals surface area contributed by atoms with Gasteiger partial charge >= 0.3 is 0 Å². The molecule has 2 fully saturated rings. The Balaban J connectivity index is 0.000000424. The van der Waals surface area contributed by atoms with Gasteiger partial charge in [-0.3, -0.25) is 9.59 Å². The summed E-state index contributed by atoms with van der Waals surface area (Å²) in [5.41, 5.74) is 0.950. The zero-order chi connectivity index (χ0) is 38.0. The Morgan fingerprint density at radius 2 is 1.13 bits per heavy atom. The third-order valence-electron chi connectivity index (χ3n) is 8.41. The summed E-state index contributed by atoms with van der Waals surface area (Å²) in [6.07, 6.45) is 5.67. The van der Waals surface area contributed by atoms with E-state index in [0.717, 1.165) is 25.7 Å². The second-order valence-electron chi connectivity index (χ2n) is 11.9. The molecule has 0 radical (unpaired) electrons. The van der Waals surface area contributed by atoms with Crippen LogP contribution in [0.4, 0.5) is 0 Å². The van der Waals surface area contributed by atoms with Crippen LogP contribution in [0.3, 0.4) is 0 Å². The van der Waals surface area contributed by atoms with Crippen LogP contribution in [0.5, 0.6) is 23.0 Å². The molecule has 0 unspecified atom stereocenters. The fourth-order valence-electron chi connectivity index (χ4n) is 5.63. The molecule has 0 saturated carbocycles. The number of nitrogens with two attached hydrogens (primary N) is 3. The van der Waals surface area contributed by atoms with E-state index in [-0.39, 0.29) is 18.3 Å². The maximum atomic E-state index is 12.6. The zero-order valence-corrected chi connectivity index (χ0v) is 33.1. The van der Waals surface area contributed by atoms with Crippen molar-refractivity contribution >= 4 is 43.2 Å². The van der Waals surface area contributed by atoms with Crippen molar-refractivity contribution < 1.29 is 63.1 Å². The maximum absolute atomic E-state index is 12.6. The standard InChI is InChI=1S/C16H25N3O5S.C9H9ClO3.C7H17N3O2S.ClH/c1-23-14-4-3-13(11-15(14)24-2)16(20)19-9-6-12(7-10-19)5-8-18-25(17,21)22;1-12-7-4-3-6(9(10)11)5-8(7)13-2;8-13(11,12)10-6-3-7-1-4-9-5-2-7;/h3-4,11-12,18H,5-10H2,1-2H3,(H2,17,21,22);3-5H,1-2H3;7,9-10H,1-6H2,(H2,8,11,12);1H. The first-order chi connectivity index (χ1) is 24.1. The molecule has 0 aromatic heterocycles. The largest absolute Gasteiger partial charge is 1.00 e. The lowest BCUT2D eigenvalue weighted by molar-refractivity contribution is -0.664. The van der Waals surface area contributed by atoms with Gasteiger partial charge in [0.15, 0.2) is 23.0 Å². The molecular formula is C32H52Cl2N6O10S2. The summed E-state index contributed by atoms with van der Waals surface area (Å²) in [7, 11) is -1.00. The fourth-order valence-corrected chi connectivity index (χ4v) is 6.55. The van der Waals surface area contributed by atoms with E-state index in [4.69, 9.17) is 40.8 Å². The van der Waals surface area contributed by atoms with Crippen LogP contribution in [-0.4, -0.2) is 101 Å². The van der Waals surface area contributed by atoms with Gasteiger partial charge < -0.3 is 41.6 Å². The Morgan fingerprint density at radius 3 is 1.54 bits per heavy atom. The summed E-state index contributed by atoms with van der Waals surface area (Å²) in [5.74, 6) is 3.18. The number of methoxy groups -OCH3 is 4. The van der Waals surface area contributed by atoms with Crippen molar-refractivity contribution in [2.24, 2.45) is 22.1 Å². The van der Waals surface area contributed by atoms with Gasteiger partial charge in [-0.15, -0.1) is 0 Å². The van der Waals surface area contributed by atoms with Gasteiger partial charge in [0.2, 0.25) is 0 Å². The molecule has 8 N–H and O–H groups in total. The minimum atomic E-state index is -3.63. The summed E-state index contributed by atoms with van der Waals surface area (Å²) >= 11 is 5.29. The van der Waals surface area contributed by atoms with E-state index in [1.165, 1.54) is 53.3 Å². The highest BCUT2D eigenvalue weighted by Gasteiger charge is 2.24. The topological polar surface area (TPSA) is 235 Å². The summed E-state index contributed by atoms with van der Waals surface area (Å²) < 4.78 is 67.8. The Morgan fingerprint density at radius 1 is 0.731 bits per heavy atom. The Bertz CT molecular complexity index is 1620. The SMILES string of the molecule is COc1ccc(C(=O)Cl)cc1OC.COc1ccc(C(=O)N2CCC(CCNS(N)(=O)=O)CC2)cc1OC.NS(=O)(=O)NCCC1CC[NH2+]CC1.[Cl-]. The first kappa shape index (κ1) is 47.1. The van der Waals surface area contributed by atoms with Crippen molar-refractivity contribution in [2.45, 2.75) is 38.5 Å². The van der Waals surface area contributed by atoms with Gasteiger partial charge in [0.1, 0.15) is 0 Å². The van der Waals surface area contributed by atoms with Crippen molar-refractivity contribution in [3.8, 4) is 23.0 Å². The molecule has 20 heteroatoms. The number of amides is 1. The van der Waals surface area contributed by atoms with E-state index >= 15 is 0 Å². The molecule has 4 rings (SSSR count). The third-order valence-corrected chi connectivity index (χ3v) is 9.84. The Hall–Kier alpha value is -2.94. The van der Waals surface area contributed by atoms with Gasteiger partial charge in [-0.25, -0.2) is 19.7 Å². The minimum Gasteiger partial charge on any atom is -1.00 e. The summed E-state index contributed by atoms with van der Waals surface area (Å²) in [6.45, 7) is 4.43. The normalized spacial score (nSPS) is 15.1. The molecule has 2 aromatic carbocycles. The highest BCUT2D eigenvalue weighted by Crippen LogP contribution is 2.30. The molecule has 2 aliphatic rings. The van der Waals surface area contributed by atoms with Gasteiger partial charge in [-0.2, -0.15) is 16.8 Å². The zero-order valence-electron chi connectivity index (χ0n) is 29.9. The number of ether oxygens (including phenoxy) is 4. The van der Waals surface area contributed by atoms with Crippen molar-refractivity contribution in [3.63, 3.8) is 0 Å². The molecule has 2 heterocycles. The number of piperidine rings is 2. The average Bonchev–Trinajstić information content (AvgIpc) is 3.11. The van der Waals surface area contributed by atoms with Gasteiger partial charge in [-0.05, 0) is 98.4 Å². The molecule has 1 amide bonds. The quantitative estimate of drug-likeness (QED) is 0.131. The molecular weight excluding hydrogens is 763 g/mol. The highest BCUT2D eigenvalue weighted by atomic mass is 35.5. The Kier molecular flexibility index (Phi) is 21.4. The smallest absolute Gasteiger partial charge is 0.274 e. The van der Waals surface area contributed by atoms with Gasteiger partial charge in [0.05, 0.1) is 41.5 Å². The maximum Gasteiger partial charge on any atom is 0.274 e. The second-order valence-corrected chi connectivity index (χ2v) is 15.0. The molecule has 0 spiro atoms. The molecule has 2 aliphatic heterocycles.